The zero-order valence-corrected chi connectivity index (χ0v) is 11.3. The highest BCUT2D eigenvalue weighted by molar-refractivity contribution is 5.98. The van der Waals surface area contributed by atoms with Crippen molar-refractivity contribution in [1.29, 1.82) is 0 Å². The van der Waals surface area contributed by atoms with E-state index in [1.54, 1.807) is 18.3 Å². The molecule has 0 saturated carbocycles. The number of aromatic nitrogens is 1. The molecule has 6 heteroatoms. The molecule has 1 unspecified atom stereocenters. The summed E-state index contributed by atoms with van der Waals surface area (Å²) in [5.74, 6) is 5.57. The van der Waals surface area contributed by atoms with Gasteiger partial charge in [0.15, 0.2) is 5.82 Å². The summed E-state index contributed by atoms with van der Waals surface area (Å²) in [5, 5.41) is 3.01. The molecule has 104 valence electrons. The molecule has 1 amide bonds. The van der Waals surface area contributed by atoms with E-state index in [4.69, 9.17) is 10.6 Å². The van der Waals surface area contributed by atoms with Crippen LogP contribution in [-0.2, 0) is 4.74 Å². The van der Waals surface area contributed by atoms with Crippen molar-refractivity contribution in [3.63, 3.8) is 0 Å². The fraction of sp³-hybridized carbons (Fsp3) is 0.538. The lowest BCUT2D eigenvalue weighted by molar-refractivity contribution is -0.0615. The number of hydrazine groups is 1. The molecule has 1 aromatic rings. The molecule has 1 aromatic heterocycles. The predicted octanol–water partition coefficient (Wildman–Crippen LogP) is 1.05. The van der Waals surface area contributed by atoms with Crippen LogP contribution in [0.1, 0.15) is 37.0 Å². The number of anilines is 1. The third-order valence-electron chi connectivity index (χ3n) is 3.22. The van der Waals surface area contributed by atoms with E-state index in [1.165, 1.54) is 0 Å². The first-order valence-corrected chi connectivity index (χ1v) is 6.38. The molecule has 0 radical (unpaired) electrons. The van der Waals surface area contributed by atoms with Gasteiger partial charge in [0.05, 0.1) is 11.2 Å². The Bertz CT molecular complexity index is 462. The zero-order valence-electron chi connectivity index (χ0n) is 11.3. The Morgan fingerprint density at radius 2 is 2.37 bits per heavy atom. The highest BCUT2D eigenvalue weighted by Crippen LogP contribution is 2.24. The van der Waals surface area contributed by atoms with Crippen LogP contribution < -0.4 is 16.6 Å². The van der Waals surface area contributed by atoms with Gasteiger partial charge < -0.3 is 15.5 Å². The second-order valence-corrected chi connectivity index (χ2v) is 5.32. The lowest BCUT2D eigenvalue weighted by atomic mass is 9.94. The van der Waals surface area contributed by atoms with E-state index in [9.17, 15) is 4.79 Å². The van der Waals surface area contributed by atoms with E-state index in [-0.39, 0.29) is 17.6 Å². The molecule has 4 N–H and O–H groups in total. The van der Waals surface area contributed by atoms with Crippen LogP contribution in [0.3, 0.4) is 0 Å². The molecule has 1 aliphatic heterocycles. The highest BCUT2D eigenvalue weighted by Gasteiger charge is 2.30. The topological polar surface area (TPSA) is 89.3 Å². The number of nitrogens with zero attached hydrogens (tertiary/aromatic N) is 1. The average Bonchev–Trinajstić information content (AvgIpc) is 2.37. The van der Waals surface area contributed by atoms with Gasteiger partial charge in [0.25, 0.3) is 5.91 Å². The van der Waals surface area contributed by atoms with Gasteiger partial charge in [-0.05, 0) is 38.8 Å². The molecule has 6 nitrogen and oxygen atoms in total. The Kier molecular flexibility index (Phi) is 4.01. The first-order chi connectivity index (χ1) is 9.02. The summed E-state index contributed by atoms with van der Waals surface area (Å²) in [6.45, 7) is 4.72. The molecule has 2 rings (SSSR count). The number of amides is 1. The van der Waals surface area contributed by atoms with Gasteiger partial charge in [-0.25, -0.2) is 10.8 Å². The third-order valence-corrected chi connectivity index (χ3v) is 3.22. The molecule has 0 spiro atoms. The summed E-state index contributed by atoms with van der Waals surface area (Å²) in [6.07, 6.45) is 3.20. The van der Waals surface area contributed by atoms with Crippen molar-refractivity contribution in [2.45, 2.75) is 38.3 Å². The Labute approximate surface area is 112 Å². The van der Waals surface area contributed by atoms with Crippen molar-refractivity contribution in [3.8, 4) is 0 Å². The van der Waals surface area contributed by atoms with Gasteiger partial charge in [0.1, 0.15) is 0 Å². The number of ether oxygens (including phenoxy) is 1. The fourth-order valence-corrected chi connectivity index (χ4v) is 2.32. The molecule has 1 saturated heterocycles. The van der Waals surface area contributed by atoms with E-state index >= 15 is 0 Å². The van der Waals surface area contributed by atoms with Crippen LogP contribution >= 0.6 is 0 Å². The minimum atomic E-state index is -0.194. The number of hydrogen-bond acceptors (Lipinski definition) is 5. The summed E-state index contributed by atoms with van der Waals surface area (Å²) in [7, 11) is 0. The van der Waals surface area contributed by atoms with Crippen LogP contribution in [0.5, 0.6) is 0 Å². The third kappa shape index (κ3) is 3.42. The van der Waals surface area contributed by atoms with Gasteiger partial charge in [0.2, 0.25) is 0 Å². The summed E-state index contributed by atoms with van der Waals surface area (Å²) in [4.78, 5) is 16.2. The molecule has 0 bridgehead atoms. The standard InChI is InChI=1S/C13H20N4O2/c1-13(2)8-9(5-7-19-13)16-12(18)10-4-3-6-15-11(10)17-14/h3-4,6,9H,5,7-8,14H2,1-2H3,(H,15,17)(H,16,18). The molecule has 1 atom stereocenters. The summed E-state index contributed by atoms with van der Waals surface area (Å²) < 4.78 is 5.63. The molecule has 2 heterocycles. The van der Waals surface area contributed by atoms with E-state index in [2.05, 4.69) is 15.7 Å². The van der Waals surface area contributed by atoms with Gasteiger partial charge in [0, 0.05) is 18.8 Å². The molecule has 1 aliphatic rings. The SMILES string of the molecule is CC1(C)CC(NC(=O)c2cccnc2NN)CCO1. The van der Waals surface area contributed by atoms with E-state index in [1.807, 2.05) is 13.8 Å². The van der Waals surface area contributed by atoms with Crippen LogP contribution in [0.15, 0.2) is 18.3 Å². The van der Waals surface area contributed by atoms with Crippen LogP contribution in [0.4, 0.5) is 5.82 Å². The maximum Gasteiger partial charge on any atom is 0.255 e. The van der Waals surface area contributed by atoms with Gasteiger partial charge >= 0.3 is 0 Å². The van der Waals surface area contributed by atoms with E-state index in [0.717, 1.165) is 12.8 Å². The lowest BCUT2D eigenvalue weighted by Crippen LogP contribution is -2.46. The molecule has 0 aliphatic carbocycles. The minimum Gasteiger partial charge on any atom is -0.375 e. The number of pyridine rings is 1. The lowest BCUT2D eigenvalue weighted by Gasteiger charge is -2.35. The fourth-order valence-electron chi connectivity index (χ4n) is 2.32. The summed E-state index contributed by atoms with van der Waals surface area (Å²) in [5.41, 5.74) is 2.69. The largest absolute Gasteiger partial charge is 0.375 e. The number of hydrogen-bond donors (Lipinski definition) is 3. The zero-order chi connectivity index (χ0) is 13.9. The Morgan fingerprint density at radius 1 is 1.58 bits per heavy atom. The minimum absolute atomic E-state index is 0.113. The van der Waals surface area contributed by atoms with Crippen molar-refractivity contribution in [3.05, 3.63) is 23.9 Å². The van der Waals surface area contributed by atoms with Gasteiger partial charge in [-0.3, -0.25) is 4.79 Å². The number of carbonyl (C=O) groups is 1. The monoisotopic (exact) mass is 264 g/mol. The Balaban J connectivity index is 2.05. The van der Waals surface area contributed by atoms with E-state index < -0.39 is 0 Å². The maximum atomic E-state index is 12.2. The number of nitrogens with two attached hydrogens (primary N) is 1. The van der Waals surface area contributed by atoms with Gasteiger partial charge in [-0.2, -0.15) is 0 Å². The van der Waals surface area contributed by atoms with Gasteiger partial charge in [-0.15, -0.1) is 0 Å². The molecule has 19 heavy (non-hydrogen) atoms. The second kappa shape index (κ2) is 5.54. The smallest absolute Gasteiger partial charge is 0.255 e. The first kappa shape index (κ1) is 13.8. The number of carbonyl (C=O) groups excluding carboxylic acids is 1. The van der Waals surface area contributed by atoms with Crippen LogP contribution in [0.2, 0.25) is 0 Å². The van der Waals surface area contributed by atoms with Crippen LogP contribution in [0, 0.1) is 0 Å². The summed E-state index contributed by atoms with van der Waals surface area (Å²) in [6, 6.07) is 3.52. The first-order valence-electron chi connectivity index (χ1n) is 6.38. The van der Waals surface area contributed by atoms with Crippen molar-refractivity contribution in [1.82, 2.24) is 10.3 Å². The van der Waals surface area contributed by atoms with Crippen molar-refractivity contribution < 1.29 is 9.53 Å². The second-order valence-electron chi connectivity index (χ2n) is 5.32. The number of nitrogen functional groups attached to an aromatic ring is 1. The van der Waals surface area contributed by atoms with E-state index in [0.29, 0.717) is 18.0 Å². The molecular formula is C13H20N4O2. The normalized spacial score (nSPS) is 21.7. The average molecular weight is 264 g/mol. The number of rotatable bonds is 3. The predicted molar refractivity (Wildman–Crippen MR) is 72.6 cm³/mol. The molecule has 1 fully saturated rings. The van der Waals surface area contributed by atoms with Gasteiger partial charge in [-0.1, -0.05) is 0 Å². The highest BCUT2D eigenvalue weighted by atomic mass is 16.5. The van der Waals surface area contributed by atoms with Crippen LogP contribution in [-0.4, -0.2) is 29.1 Å². The van der Waals surface area contributed by atoms with Crippen LogP contribution in [0.25, 0.3) is 0 Å². The van der Waals surface area contributed by atoms with Crippen molar-refractivity contribution >= 4 is 11.7 Å². The summed E-state index contributed by atoms with van der Waals surface area (Å²) >= 11 is 0. The van der Waals surface area contributed by atoms with Crippen molar-refractivity contribution in [2.75, 3.05) is 12.0 Å². The Morgan fingerprint density at radius 3 is 3.05 bits per heavy atom. The molecule has 0 aromatic carbocycles. The maximum absolute atomic E-state index is 12.2. The quantitative estimate of drug-likeness (QED) is 0.561. The van der Waals surface area contributed by atoms with Crippen molar-refractivity contribution in [2.24, 2.45) is 5.84 Å². The number of nitrogens with one attached hydrogen (secondary N) is 2. The Hall–Kier alpha value is -1.66. The molecular weight excluding hydrogens is 244 g/mol.